The average molecular weight is 306 g/mol. The number of nitrogens with zero attached hydrogens (tertiary/aromatic N) is 2. The van der Waals surface area contributed by atoms with Crippen molar-refractivity contribution >= 4 is 27.4 Å². The molecule has 18 heavy (non-hydrogen) atoms. The number of halogens is 1. The normalized spacial score (nSPS) is 10.2. The summed E-state index contributed by atoms with van der Waals surface area (Å²) >= 11 is 3.48. The topological polar surface area (TPSA) is 28.2 Å². The molecule has 1 heterocycles. The van der Waals surface area contributed by atoms with Crippen molar-refractivity contribution in [1.82, 2.24) is 4.98 Å². The Bertz CT molecular complexity index is 526. The van der Waals surface area contributed by atoms with E-state index in [1.54, 1.807) is 6.20 Å². The van der Waals surface area contributed by atoms with Gasteiger partial charge in [-0.05, 0) is 29.8 Å². The van der Waals surface area contributed by atoms with Gasteiger partial charge in [0, 0.05) is 31.3 Å². The van der Waals surface area contributed by atoms with E-state index in [4.69, 9.17) is 0 Å². The minimum absolute atomic E-state index is 0.784. The molecular formula is C14H16BrN3. The van der Waals surface area contributed by atoms with Crippen LogP contribution in [0.4, 0.5) is 11.5 Å². The first kappa shape index (κ1) is 12.9. The van der Waals surface area contributed by atoms with Crippen LogP contribution in [0.5, 0.6) is 0 Å². The second-order valence-electron chi connectivity index (χ2n) is 4.25. The van der Waals surface area contributed by atoms with E-state index in [9.17, 15) is 0 Å². The third-order valence-corrected chi connectivity index (χ3v) is 3.08. The fourth-order valence-corrected chi connectivity index (χ4v) is 2.18. The van der Waals surface area contributed by atoms with Gasteiger partial charge in [0.1, 0.15) is 0 Å². The highest BCUT2D eigenvalue weighted by Gasteiger charge is 2.04. The highest BCUT2D eigenvalue weighted by Crippen LogP contribution is 2.21. The van der Waals surface area contributed by atoms with Crippen LogP contribution in [-0.2, 0) is 6.54 Å². The zero-order valence-corrected chi connectivity index (χ0v) is 12.1. The highest BCUT2D eigenvalue weighted by molar-refractivity contribution is 9.10. The van der Waals surface area contributed by atoms with Crippen molar-refractivity contribution in [2.75, 3.05) is 24.3 Å². The summed E-state index contributed by atoms with van der Waals surface area (Å²) in [6, 6.07) is 12.3. The van der Waals surface area contributed by atoms with Crippen LogP contribution in [0, 0.1) is 0 Å². The third kappa shape index (κ3) is 3.23. The number of pyridine rings is 1. The number of rotatable bonds is 4. The van der Waals surface area contributed by atoms with E-state index in [-0.39, 0.29) is 0 Å². The van der Waals surface area contributed by atoms with Crippen LogP contribution in [0.1, 0.15) is 5.56 Å². The van der Waals surface area contributed by atoms with Crippen molar-refractivity contribution in [2.24, 2.45) is 0 Å². The summed E-state index contributed by atoms with van der Waals surface area (Å²) in [5.74, 6) is 0.951. The van der Waals surface area contributed by atoms with Gasteiger partial charge >= 0.3 is 0 Å². The van der Waals surface area contributed by atoms with Crippen molar-refractivity contribution in [2.45, 2.75) is 6.54 Å². The van der Waals surface area contributed by atoms with E-state index in [0.717, 1.165) is 22.5 Å². The average Bonchev–Trinajstić information content (AvgIpc) is 2.37. The van der Waals surface area contributed by atoms with Gasteiger partial charge in [-0.25, -0.2) is 4.98 Å². The molecule has 0 radical (unpaired) electrons. The minimum atomic E-state index is 0.784. The lowest BCUT2D eigenvalue weighted by Gasteiger charge is -2.16. The van der Waals surface area contributed by atoms with E-state index >= 15 is 0 Å². The quantitative estimate of drug-likeness (QED) is 0.937. The van der Waals surface area contributed by atoms with Crippen LogP contribution >= 0.6 is 15.9 Å². The first-order valence-corrected chi connectivity index (χ1v) is 6.57. The summed E-state index contributed by atoms with van der Waals surface area (Å²) < 4.78 is 1.10. The van der Waals surface area contributed by atoms with E-state index in [1.807, 2.05) is 43.3 Å². The van der Waals surface area contributed by atoms with Crippen LogP contribution in [0.15, 0.2) is 47.1 Å². The predicted octanol–water partition coefficient (Wildman–Crippen LogP) is 3.52. The molecule has 0 aliphatic rings. The van der Waals surface area contributed by atoms with E-state index in [1.165, 1.54) is 5.56 Å². The molecule has 0 spiro atoms. The molecule has 3 nitrogen and oxygen atoms in total. The fourth-order valence-electron chi connectivity index (χ4n) is 1.74. The van der Waals surface area contributed by atoms with Crippen LogP contribution in [-0.4, -0.2) is 19.1 Å². The number of aromatic nitrogens is 1. The number of hydrogen-bond donors (Lipinski definition) is 1. The minimum Gasteiger partial charge on any atom is -0.378 e. The lowest BCUT2D eigenvalue weighted by Crippen LogP contribution is -2.13. The van der Waals surface area contributed by atoms with E-state index in [0.29, 0.717) is 0 Å². The molecule has 0 fully saturated rings. The largest absolute Gasteiger partial charge is 0.378 e. The van der Waals surface area contributed by atoms with Crippen molar-refractivity contribution in [3.05, 3.63) is 52.6 Å². The first-order valence-electron chi connectivity index (χ1n) is 5.77. The third-order valence-electron chi connectivity index (χ3n) is 2.58. The van der Waals surface area contributed by atoms with Crippen LogP contribution < -0.4 is 10.2 Å². The number of nitrogens with one attached hydrogen (secondary N) is 1. The Labute approximate surface area is 116 Å². The maximum atomic E-state index is 4.36. The second-order valence-corrected chi connectivity index (χ2v) is 5.17. The Kier molecular flexibility index (Phi) is 4.20. The van der Waals surface area contributed by atoms with Crippen molar-refractivity contribution in [3.63, 3.8) is 0 Å². The molecule has 0 aliphatic carbocycles. The summed E-state index contributed by atoms with van der Waals surface area (Å²) in [6.45, 7) is 0.784. The molecule has 0 bridgehead atoms. The van der Waals surface area contributed by atoms with Crippen molar-refractivity contribution < 1.29 is 0 Å². The highest BCUT2D eigenvalue weighted by atomic mass is 79.9. The SMILES string of the molecule is CN(C)c1ncccc1NCc1cccc(Br)c1. The van der Waals surface area contributed by atoms with Gasteiger partial charge in [-0.15, -0.1) is 0 Å². The zero-order chi connectivity index (χ0) is 13.0. The van der Waals surface area contributed by atoms with Gasteiger partial charge < -0.3 is 10.2 Å². The molecule has 0 saturated heterocycles. The Morgan fingerprint density at radius 2 is 2.06 bits per heavy atom. The smallest absolute Gasteiger partial charge is 0.151 e. The Morgan fingerprint density at radius 1 is 1.22 bits per heavy atom. The zero-order valence-electron chi connectivity index (χ0n) is 10.5. The van der Waals surface area contributed by atoms with Crippen LogP contribution in [0.3, 0.4) is 0 Å². The molecule has 2 rings (SSSR count). The molecule has 1 aromatic carbocycles. The summed E-state index contributed by atoms with van der Waals surface area (Å²) in [5.41, 5.74) is 2.28. The van der Waals surface area contributed by atoms with Gasteiger partial charge in [0.05, 0.1) is 5.69 Å². The van der Waals surface area contributed by atoms with Crippen molar-refractivity contribution in [3.8, 4) is 0 Å². The Hall–Kier alpha value is -1.55. The number of hydrogen-bond acceptors (Lipinski definition) is 3. The fraction of sp³-hybridized carbons (Fsp3) is 0.214. The van der Waals surface area contributed by atoms with E-state index in [2.05, 4.69) is 38.4 Å². The van der Waals surface area contributed by atoms with Gasteiger partial charge in [0.2, 0.25) is 0 Å². The van der Waals surface area contributed by atoms with Gasteiger partial charge in [0.25, 0.3) is 0 Å². The summed E-state index contributed by atoms with van der Waals surface area (Å²) in [6.07, 6.45) is 1.81. The molecule has 0 amide bonds. The molecule has 1 N–H and O–H groups in total. The molecule has 94 valence electrons. The van der Waals surface area contributed by atoms with Gasteiger partial charge in [-0.1, -0.05) is 28.1 Å². The summed E-state index contributed by atoms with van der Waals surface area (Å²) in [5, 5.41) is 3.41. The summed E-state index contributed by atoms with van der Waals surface area (Å²) in [4.78, 5) is 6.37. The first-order chi connectivity index (χ1) is 8.66. The molecule has 0 aliphatic heterocycles. The molecule has 2 aromatic rings. The lowest BCUT2D eigenvalue weighted by molar-refractivity contribution is 1.05. The van der Waals surface area contributed by atoms with Crippen LogP contribution in [0.2, 0.25) is 0 Å². The van der Waals surface area contributed by atoms with Gasteiger partial charge in [-0.3, -0.25) is 0 Å². The standard InChI is InChI=1S/C14H16BrN3/c1-18(2)14-13(7-4-8-16-14)17-10-11-5-3-6-12(15)9-11/h3-9,17H,10H2,1-2H3. The molecular weight excluding hydrogens is 290 g/mol. The number of benzene rings is 1. The van der Waals surface area contributed by atoms with Gasteiger partial charge in [0.15, 0.2) is 5.82 Å². The second kappa shape index (κ2) is 5.87. The van der Waals surface area contributed by atoms with Crippen LogP contribution in [0.25, 0.3) is 0 Å². The monoisotopic (exact) mass is 305 g/mol. The van der Waals surface area contributed by atoms with E-state index < -0.39 is 0 Å². The molecule has 0 unspecified atom stereocenters. The maximum absolute atomic E-state index is 4.36. The number of anilines is 2. The molecule has 4 heteroatoms. The predicted molar refractivity (Wildman–Crippen MR) is 80.0 cm³/mol. The Morgan fingerprint density at radius 3 is 2.78 bits per heavy atom. The summed E-state index contributed by atoms with van der Waals surface area (Å²) in [7, 11) is 3.99. The van der Waals surface area contributed by atoms with Crippen molar-refractivity contribution in [1.29, 1.82) is 0 Å². The maximum Gasteiger partial charge on any atom is 0.151 e. The Balaban J connectivity index is 2.11. The molecule has 0 saturated carbocycles. The lowest BCUT2D eigenvalue weighted by atomic mass is 10.2. The van der Waals surface area contributed by atoms with Gasteiger partial charge in [-0.2, -0.15) is 0 Å². The molecule has 1 aromatic heterocycles. The molecule has 0 atom stereocenters.